The van der Waals surface area contributed by atoms with Crippen molar-refractivity contribution in [3.8, 4) is 5.82 Å². The van der Waals surface area contributed by atoms with Crippen molar-refractivity contribution in [3.05, 3.63) is 76.6 Å². The van der Waals surface area contributed by atoms with E-state index < -0.39 is 0 Å². The fraction of sp³-hybridized carbons (Fsp3) is 0.357. The number of benzene rings is 1. The SMILES string of the molecule is C=CCn1c(=O)c2cnc(Nc3ccc(N4CCN(C)CC4)c(F)c3)nc2n1-c1ccc2c(n1)C(C)CC2. The van der Waals surface area contributed by atoms with E-state index in [1.807, 2.05) is 12.1 Å². The quantitative estimate of drug-likeness (QED) is 0.392. The fourth-order valence-corrected chi connectivity index (χ4v) is 5.38. The molecule has 1 aliphatic carbocycles. The number of halogens is 1. The van der Waals surface area contributed by atoms with Gasteiger partial charge in [-0.05, 0) is 55.6 Å². The highest BCUT2D eigenvalue weighted by atomic mass is 19.1. The second-order valence-corrected chi connectivity index (χ2v) is 10.2. The summed E-state index contributed by atoms with van der Waals surface area (Å²) in [5, 5.41) is 3.49. The van der Waals surface area contributed by atoms with Gasteiger partial charge in [-0.25, -0.2) is 23.7 Å². The largest absolute Gasteiger partial charge is 0.367 e. The minimum Gasteiger partial charge on any atom is -0.367 e. The Morgan fingerprint density at radius 2 is 1.97 bits per heavy atom. The van der Waals surface area contributed by atoms with E-state index in [-0.39, 0.29) is 17.3 Å². The Morgan fingerprint density at radius 3 is 2.74 bits per heavy atom. The minimum atomic E-state index is -0.300. The van der Waals surface area contributed by atoms with E-state index in [1.54, 1.807) is 21.5 Å². The molecule has 1 fully saturated rings. The molecule has 2 aliphatic rings. The summed E-state index contributed by atoms with van der Waals surface area (Å²) in [6, 6.07) is 9.08. The molecule has 38 heavy (non-hydrogen) atoms. The minimum absolute atomic E-state index is 0.218. The average molecular weight is 515 g/mol. The van der Waals surface area contributed by atoms with Crippen LogP contribution in [0.4, 0.5) is 21.7 Å². The third-order valence-corrected chi connectivity index (χ3v) is 7.55. The number of hydrogen-bond donors (Lipinski definition) is 1. The van der Waals surface area contributed by atoms with Crippen molar-refractivity contribution < 1.29 is 4.39 Å². The zero-order valence-electron chi connectivity index (χ0n) is 21.7. The smallest absolute Gasteiger partial charge is 0.278 e. The summed E-state index contributed by atoms with van der Waals surface area (Å²) in [5.41, 5.74) is 3.64. The van der Waals surface area contributed by atoms with Crippen LogP contribution in [-0.4, -0.2) is 62.4 Å². The maximum Gasteiger partial charge on any atom is 0.278 e. The van der Waals surface area contributed by atoms with Crippen LogP contribution < -0.4 is 15.8 Å². The van der Waals surface area contributed by atoms with Gasteiger partial charge in [0.15, 0.2) is 11.5 Å². The number of nitrogens with one attached hydrogen (secondary N) is 1. The highest BCUT2D eigenvalue weighted by Crippen LogP contribution is 2.32. The number of allylic oxidation sites excluding steroid dienone is 1. The number of fused-ring (bicyclic) bond motifs is 2. The van der Waals surface area contributed by atoms with Crippen molar-refractivity contribution in [1.82, 2.24) is 29.2 Å². The van der Waals surface area contributed by atoms with Gasteiger partial charge in [0.2, 0.25) is 5.95 Å². The molecule has 1 atom stereocenters. The lowest BCUT2D eigenvalue weighted by molar-refractivity contribution is 0.311. The fourth-order valence-electron chi connectivity index (χ4n) is 5.38. The van der Waals surface area contributed by atoms with Crippen molar-refractivity contribution in [1.29, 1.82) is 0 Å². The first-order valence-electron chi connectivity index (χ1n) is 13.0. The molecule has 1 aromatic carbocycles. The lowest BCUT2D eigenvalue weighted by atomic mass is 10.1. The highest BCUT2D eigenvalue weighted by Gasteiger charge is 2.24. The van der Waals surface area contributed by atoms with Gasteiger partial charge in [-0.1, -0.05) is 19.1 Å². The van der Waals surface area contributed by atoms with Gasteiger partial charge in [0, 0.05) is 43.8 Å². The summed E-state index contributed by atoms with van der Waals surface area (Å²) in [6.45, 7) is 9.66. The first kappa shape index (κ1) is 24.3. The zero-order valence-corrected chi connectivity index (χ0v) is 21.7. The molecule has 196 valence electrons. The average Bonchev–Trinajstić information content (AvgIpc) is 3.41. The van der Waals surface area contributed by atoms with Crippen LogP contribution >= 0.6 is 0 Å². The molecule has 1 N–H and O–H groups in total. The molecule has 0 amide bonds. The van der Waals surface area contributed by atoms with Crippen molar-refractivity contribution >= 4 is 28.4 Å². The van der Waals surface area contributed by atoms with Gasteiger partial charge in [-0.3, -0.25) is 4.79 Å². The number of aromatic nitrogens is 5. The van der Waals surface area contributed by atoms with Gasteiger partial charge in [-0.15, -0.1) is 6.58 Å². The molecule has 1 aliphatic heterocycles. The number of nitrogens with zero attached hydrogens (tertiary/aromatic N) is 7. The van der Waals surface area contributed by atoms with Crippen LogP contribution in [-0.2, 0) is 13.0 Å². The van der Waals surface area contributed by atoms with E-state index in [1.165, 1.54) is 17.8 Å². The van der Waals surface area contributed by atoms with Crippen LogP contribution in [0.3, 0.4) is 0 Å². The van der Waals surface area contributed by atoms with E-state index in [4.69, 9.17) is 4.98 Å². The Hall–Kier alpha value is -4.05. The Morgan fingerprint density at radius 1 is 1.16 bits per heavy atom. The monoisotopic (exact) mass is 514 g/mol. The van der Waals surface area contributed by atoms with E-state index in [2.05, 4.69) is 51.7 Å². The second-order valence-electron chi connectivity index (χ2n) is 10.2. The van der Waals surface area contributed by atoms with Gasteiger partial charge in [0.1, 0.15) is 11.2 Å². The molecule has 1 saturated heterocycles. The van der Waals surface area contributed by atoms with Crippen molar-refractivity contribution in [2.75, 3.05) is 43.4 Å². The first-order valence-corrected chi connectivity index (χ1v) is 13.0. The number of pyridine rings is 1. The van der Waals surface area contributed by atoms with Crippen LogP contribution in [0.2, 0.25) is 0 Å². The molecule has 4 aromatic rings. The number of piperazine rings is 1. The molecular formula is C28H31FN8O. The van der Waals surface area contributed by atoms with E-state index >= 15 is 4.39 Å². The summed E-state index contributed by atoms with van der Waals surface area (Å²) in [5.74, 6) is 0.954. The predicted molar refractivity (Wildman–Crippen MR) is 147 cm³/mol. The standard InChI is InChI=1S/C28H31FN8O/c1-4-11-36-27(38)21-17-30-28(31-20-8-9-23(22(29)16-20)35-14-12-34(3)13-15-35)33-26(21)37(36)24-10-7-19-6-5-18(2)25(19)32-24/h4,7-10,16-18H,1,5-6,11-15H2,2-3H3,(H,30,31,33). The van der Waals surface area contributed by atoms with E-state index in [9.17, 15) is 4.79 Å². The van der Waals surface area contributed by atoms with Crippen molar-refractivity contribution in [2.24, 2.45) is 0 Å². The molecule has 4 heterocycles. The summed E-state index contributed by atoms with van der Waals surface area (Å²) >= 11 is 0. The molecule has 3 aromatic heterocycles. The van der Waals surface area contributed by atoms with Crippen LogP contribution in [0.1, 0.15) is 30.5 Å². The maximum absolute atomic E-state index is 15.1. The third-order valence-electron chi connectivity index (χ3n) is 7.55. The lowest BCUT2D eigenvalue weighted by Gasteiger charge is -2.34. The van der Waals surface area contributed by atoms with E-state index in [0.717, 1.165) is 44.7 Å². The molecule has 0 bridgehead atoms. The lowest BCUT2D eigenvalue weighted by Crippen LogP contribution is -2.44. The molecule has 10 heteroatoms. The molecular weight excluding hydrogens is 483 g/mol. The van der Waals surface area contributed by atoms with Gasteiger partial charge in [0.25, 0.3) is 5.56 Å². The summed E-state index contributed by atoms with van der Waals surface area (Å²) in [6.07, 6.45) is 5.26. The number of rotatable bonds is 6. The van der Waals surface area contributed by atoms with Crippen LogP contribution in [0, 0.1) is 5.82 Å². The second kappa shape index (κ2) is 9.68. The third kappa shape index (κ3) is 4.24. The Kier molecular flexibility index (Phi) is 6.19. The van der Waals surface area contributed by atoms with Gasteiger partial charge in [-0.2, -0.15) is 4.98 Å². The predicted octanol–water partition coefficient (Wildman–Crippen LogP) is 3.85. The van der Waals surface area contributed by atoms with Crippen molar-refractivity contribution in [3.63, 3.8) is 0 Å². The van der Waals surface area contributed by atoms with E-state index in [0.29, 0.717) is 40.7 Å². The number of aryl methyl sites for hydroxylation is 1. The number of likely N-dealkylation sites (N-methyl/N-ethyl adjacent to an activating group) is 1. The first-order chi connectivity index (χ1) is 18.4. The molecule has 6 rings (SSSR count). The molecule has 0 radical (unpaired) electrons. The molecule has 9 nitrogen and oxygen atoms in total. The Labute approximate surface area is 220 Å². The van der Waals surface area contributed by atoms with Crippen LogP contribution in [0.25, 0.3) is 16.9 Å². The number of anilines is 3. The normalized spacial score (nSPS) is 17.7. The topological polar surface area (TPSA) is 84.1 Å². The number of hydrogen-bond acceptors (Lipinski definition) is 7. The Balaban J connectivity index is 1.36. The zero-order chi connectivity index (χ0) is 26.4. The van der Waals surface area contributed by atoms with Crippen LogP contribution in [0.15, 0.2) is 54.0 Å². The molecule has 1 unspecified atom stereocenters. The van der Waals surface area contributed by atoms with Gasteiger partial charge >= 0.3 is 0 Å². The summed E-state index contributed by atoms with van der Waals surface area (Å²) in [4.78, 5) is 31.5. The van der Waals surface area contributed by atoms with Gasteiger partial charge in [0.05, 0.1) is 12.2 Å². The summed E-state index contributed by atoms with van der Waals surface area (Å²) < 4.78 is 18.3. The van der Waals surface area contributed by atoms with Crippen LogP contribution in [0.5, 0.6) is 0 Å². The molecule has 0 spiro atoms. The summed E-state index contributed by atoms with van der Waals surface area (Å²) in [7, 11) is 2.07. The maximum atomic E-state index is 15.1. The van der Waals surface area contributed by atoms with Gasteiger partial charge < -0.3 is 15.1 Å². The molecule has 0 saturated carbocycles. The van der Waals surface area contributed by atoms with Crippen molar-refractivity contribution in [2.45, 2.75) is 32.2 Å². The highest BCUT2D eigenvalue weighted by molar-refractivity contribution is 5.77. The Bertz CT molecular complexity index is 1580.